The Kier molecular flexibility index (Phi) is 5.63. The van der Waals surface area contributed by atoms with Gasteiger partial charge in [-0.3, -0.25) is 0 Å². The SMILES string of the molecule is [2H]c1c([2H])c([2H])c(-c2nc(-c3cccc(-c4cccc5c4[se]c4c(-c6ccc(-c7ccccc7)cc6)cccc45)c3)nc(-c3c([2H])c([2H])c([2H])c(C)c3[2H])n2)c([2H])c1[2H]. The predicted molar refractivity (Wildman–Crippen MR) is 209 cm³/mol. The fourth-order valence-corrected chi connectivity index (χ4v) is 9.09. The van der Waals surface area contributed by atoms with Gasteiger partial charge in [0, 0.05) is 0 Å². The molecule has 4 heteroatoms. The van der Waals surface area contributed by atoms with Gasteiger partial charge in [-0.2, -0.15) is 0 Å². The van der Waals surface area contributed by atoms with Crippen LogP contribution in [-0.2, 0) is 0 Å². The molecule has 0 fully saturated rings. The summed E-state index contributed by atoms with van der Waals surface area (Å²) >= 11 is -0.0502. The van der Waals surface area contributed by atoms with E-state index in [1.54, 1.807) is 6.07 Å². The van der Waals surface area contributed by atoms with Gasteiger partial charge >= 0.3 is 308 Å². The maximum absolute atomic E-state index is 8.85. The van der Waals surface area contributed by atoms with Crippen LogP contribution < -0.4 is 0 Å². The predicted octanol–water partition coefficient (Wildman–Crippen LogP) is 11.5. The molecule has 0 saturated heterocycles. The van der Waals surface area contributed by atoms with E-state index in [0.29, 0.717) is 5.56 Å². The molecule has 9 aromatic rings. The molecule has 9 rings (SSSR count). The van der Waals surface area contributed by atoms with Crippen LogP contribution in [0.5, 0.6) is 0 Å². The van der Waals surface area contributed by atoms with Crippen LogP contribution in [0.4, 0.5) is 0 Å². The van der Waals surface area contributed by atoms with Gasteiger partial charge in [0.1, 0.15) is 0 Å². The molecule has 2 aromatic heterocycles. The van der Waals surface area contributed by atoms with Crippen molar-refractivity contribution in [2.24, 2.45) is 0 Å². The van der Waals surface area contributed by atoms with Gasteiger partial charge in [0.15, 0.2) is 0 Å². The molecule has 0 unspecified atom stereocenters. The van der Waals surface area contributed by atoms with Crippen molar-refractivity contribution in [3.05, 3.63) is 175 Å². The minimum atomic E-state index is -0.569. The van der Waals surface area contributed by atoms with Crippen LogP contribution in [0.3, 0.4) is 0 Å². The fraction of sp³-hybridized carbons (Fsp3) is 0.0217. The van der Waals surface area contributed by atoms with E-state index < -0.39 is 42.3 Å². The van der Waals surface area contributed by atoms with Crippen molar-refractivity contribution in [1.29, 1.82) is 0 Å². The molecule has 3 nitrogen and oxygen atoms in total. The first-order valence-electron chi connectivity index (χ1n) is 20.5. The van der Waals surface area contributed by atoms with E-state index in [1.165, 1.54) is 37.3 Å². The van der Waals surface area contributed by atoms with Gasteiger partial charge in [-0.05, 0) is 0 Å². The summed E-state index contributed by atoms with van der Waals surface area (Å²) in [5, 5.41) is 2.37. The molecule has 7 aromatic carbocycles. The van der Waals surface area contributed by atoms with Gasteiger partial charge in [0.05, 0.1) is 2.74 Å². The molecule has 236 valence electrons. The van der Waals surface area contributed by atoms with E-state index in [1.807, 2.05) is 42.5 Å². The quantitative estimate of drug-likeness (QED) is 0.161. The number of rotatable bonds is 6. The number of fused-ring (bicyclic) bond motifs is 3. The second-order valence-corrected chi connectivity index (χ2v) is 13.9. The Balaban J connectivity index is 1.21. The number of hydrogen-bond acceptors (Lipinski definition) is 3. The molecule has 0 spiro atoms. The van der Waals surface area contributed by atoms with Gasteiger partial charge in [0.2, 0.25) is 0 Å². The van der Waals surface area contributed by atoms with Gasteiger partial charge in [0.25, 0.3) is 0 Å². The molecular formula is C46H31N3Se. The van der Waals surface area contributed by atoms with Crippen molar-refractivity contribution < 1.29 is 12.3 Å². The van der Waals surface area contributed by atoms with Crippen LogP contribution in [-0.4, -0.2) is 29.5 Å². The molecule has 0 atom stereocenters. The van der Waals surface area contributed by atoms with Gasteiger partial charge in [-0.25, -0.2) is 0 Å². The second kappa shape index (κ2) is 12.8. The van der Waals surface area contributed by atoms with E-state index in [0.717, 1.165) is 22.3 Å². The normalized spacial score (nSPS) is 13.8. The van der Waals surface area contributed by atoms with Crippen LogP contribution >= 0.6 is 0 Å². The Morgan fingerprint density at radius 1 is 0.440 bits per heavy atom. The Labute approximate surface area is 310 Å². The Bertz CT molecular complexity index is 3020. The first kappa shape index (κ1) is 21.9. The zero-order chi connectivity index (χ0) is 41.3. The van der Waals surface area contributed by atoms with E-state index in [4.69, 9.17) is 17.3 Å². The van der Waals surface area contributed by atoms with Crippen LogP contribution in [0.1, 0.15) is 17.9 Å². The summed E-state index contributed by atoms with van der Waals surface area (Å²) in [6.07, 6.45) is 0. The number of aromatic nitrogens is 3. The first-order valence-corrected chi connectivity index (χ1v) is 17.8. The summed E-state index contributed by atoms with van der Waals surface area (Å²) in [6, 6.07) is 35.3. The number of nitrogens with zero attached hydrogens (tertiary/aromatic N) is 3. The second-order valence-electron chi connectivity index (χ2n) is 11.8. The minimum absolute atomic E-state index is 0.0502. The number of benzene rings is 7. The van der Waals surface area contributed by atoms with Crippen molar-refractivity contribution in [3.63, 3.8) is 0 Å². The van der Waals surface area contributed by atoms with Crippen LogP contribution in [0.15, 0.2) is 170 Å². The maximum atomic E-state index is 8.85. The summed E-state index contributed by atoms with van der Waals surface area (Å²) in [5.74, 6) is -0.342. The number of hydrogen-bond donors (Lipinski definition) is 0. The Morgan fingerprint density at radius 2 is 0.980 bits per heavy atom. The standard InChI is InChI=1S/C46H31N3Se/c1-30-12-8-18-36(28-30)45-47-44(34-15-6-3-7-16-34)48-46(49-45)37-19-9-17-35(29-37)39-21-11-23-41-40-22-10-20-38(42(40)50-43(39)41)33-26-24-32(25-27-33)31-13-4-2-5-14-31/h2-29H,1H3/i3D,6D,7D,8D,12D,15D,16D,18D,28D. The first-order chi connectivity index (χ1) is 28.4. The third-order valence-corrected chi connectivity index (χ3v) is 11.3. The van der Waals surface area contributed by atoms with E-state index >= 15 is 0 Å². The van der Waals surface area contributed by atoms with E-state index in [9.17, 15) is 0 Å². The zero-order valence-electron chi connectivity index (χ0n) is 35.7. The fourth-order valence-electron chi connectivity index (χ4n) is 6.21. The molecule has 50 heavy (non-hydrogen) atoms. The molecule has 0 bridgehead atoms. The molecular weight excluding hydrogens is 673 g/mol. The summed E-state index contributed by atoms with van der Waals surface area (Å²) < 4.78 is 79.0. The zero-order valence-corrected chi connectivity index (χ0v) is 28.4. The summed E-state index contributed by atoms with van der Waals surface area (Å²) in [5.41, 5.74) is 6.89. The summed E-state index contributed by atoms with van der Waals surface area (Å²) in [4.78, 5) is 13.9. The molecule has 0 aliphatic rings. The van der Waals surface area contributed by atoms with Crippen LogP contribution in [0, 0.1) is 6.92 Å². The van der Waals surface area contributed by atoms with Gasteiger partial charge in [-0.1, -0.05) is 0 Å². The molecule has 0 N–H and O–H groups in total. The average Bonchev–Trinajstić information content (AvgIpc) is 3.66. The Morgan fingerprint density at radius 3 is 1.70 bits per heavy atom. The van der Waals surface area contributed by atoms with Crippen molar-refractivity contribution in [3.8, 4) is 67.5 Å². The molecule has 2 heterocycles. The van der Waals surface area contributed by atoms with Crippen LogP contribution in [0.25, 0.3) is 86.8 Å². The topological polar surface area (TPSA) is 38.7 Å². The van der Waals surface area contributed by atoms with E-state index in [-0.39, 0.29) is 60.8 Å². The average molecular weight is 714 g/mol. The molecule has 0 amide bonds. The third-order valence-electron chi connectivity index (χ3n) is 8.59. The Hall–Kier alpha value is -5.93. The molecule has 0 saturated carbocycles. The molecule has 0 radical (unpaired) electrons. The summed E-state index contributed by atoms with van der Waals surface area (Å²) in [6.45, 7) is 1.51. The van der Waals surface area contributed by atoms with E-state index in [2.05, 4.69) is 76.7 Å². The third kappa shape index (κ3) is 5.65. The monoisotopic (exact) mass is 714 g/mol. The van der Waals surface area contributed by atoms with Crippen molar-refractivity contribution in [2.45, 2.75) is 6.92 Å². The summed E-state index contributed by atoms with van der Waals surface area (Å²) in [7, 11) is 0. The van der Waals surface area contributed by atoms with Crippen molar-refractivity contribution in [1.82, 2.24) is 15.0 Å². The molecule has 0 aliphatic heterocycles. The van der Waals surface area contributed by atoms with Crippen molar-refractivity contribution >= 4 is 33.8 Å². The molecule has 0 aliphatic carbocycles. The van der Waals surface area contributed by atoms with Crippen molar-refractivity contribution in [2.75, 3.05) is 0 Å². The van der Waals surface area contributed by atoms with Gasteiger partial charge < -0.3 is 0 Å². The van der Waals surface area contributed by atoms with Crippen LogP contribution in [0.2, 0.25) is 0 Å². The van der Waals surface area contributed by atoms with Gasteiger partial charge in [-0.15, -0.1) is 0 Å².